The Morgan fingerprint density at radius 3 is 3.00 bits per heavy atom. The molecule has 1 fully saturated rings. The first-order valence-electron chi connectivity index (χ1n) is 7.15. The van der Waals surface area contributed by atoms with Crippen LogP contribution in [0.3, 0.4) is 0 Å². The maximum Gasteiger partial charge on any atom is 0.238 e. The number of piperidine rings is 1. The van der Waals surface area contributed by atoms with Gasteiger partial charge in [-0.15, -0.1) is 0 Å². The van der Waals surface area contributed by atoms with Gasteiger partial charge in [0.2, 0.25) is 5.91 Å². The maximum absolute atomic E-state index is 12.1. The molecular formula is C15H21N3O2S. The van der Waals surface area contributed by atoms with E-state index in [-0.39, 0.29) is 18.6 Å². The van der Waals surface area contributed by atoms with E-state index in [1.54, 1.807) is 12.1 Å². The number of nitrogens with one attached hydrogen (secondary N) is 1. The van der Waals surface area contributed by atoms with Gasteiger partial charge in [-0.3, -0.25) is 9.69 Å². The minimum absolute atomic E-state index is 0.0876. The van der Waals surface area contributed by atoms with Crippen LogP contribution < -0.4 is 11.1 Å². The summed E-state index contributed by atoms with van der Waals surface area (Å²) in [7, 11) is 0. The second-order valence-electron chi connectivity index (χ2n) is 5.30. The summed E-state index contributed by atoms with van der Waals surface area (Å²) in [6.45, 7) is 1.25. The quantitative estimate of drug-likeness (QED) is 0.710. The van der Waals surface area contributed by atoms with Gasteiger partial charge in [0.1, 0.15) is 4.99 Å². The highest BCUT2D eigenvalue weighted by molar-refractivity contribution is 7.80. The van der Waals surface area contributed by atoms with Crippen molar-refractivity contribution in [3.05, 3.63) is 29.8 Å². The highest BCUT2D eigenvalue weighted by Gasteiger charge is 2.23. The van der Waals surface area contributed by atoms with Crippen LogP contribution in [0.5, 0.6) is 0 Å². The fourth-order valence-corrected chi connectivity index (χ4v) is 2.74. The number of aliphatic hydroxyl groups is 1. The number of likely N-dealkylation sites (tertiary alicyclic amines) is 1. The Bertz CT molecular complexity index is 521. The third-order valence-corrected chi connectivity index (χ3v) is 3.97. The van der Waals surface area contributed by atoms with E-state index in [2.05, 4.69) is 5.32 Å². The van der Waals surface area contributed by atoms with Crippen molar-refractivity contribution in [1.82, 2.24) is 4.90 Å². The summed E-state index contributed by atoms with van der Waals surface area (Å²) in [6, 6.07) is 7.28. The molecule has 0 aliphatic carbocycles. The zero-order valence-corrected chi connectivity index (χ0v) is 12.7. The molecule has 1 aliphatic heterocycles. The van der Waals surface area contributed by atoms with Gasteiger partial charge in [-0.1, -0.05) is 30.8 Å². The Hall–Kier alpha value is -1.50. The van der Waals surface area contributed by atoms with Crippen molar-refractivity contribution in [3.8, 4) is 0 Å². The first-order valence-corrected chi connectivity index (χ1v) is 7.55. The summed E-state index contributed by atoms with van der Waals surface area (Å²) in [5, 5.41) is 12.2. The Balaban J connectivity index is 1.95. The van der Waals surface area contributed by atoms with Crippen molar-refractivity contribution in [1.29, 1.82) is 0 Å². The predicted octanol–water partition coefficient (Wildman–Crippen LogP) is 1.11. The Morgan fingerprint density at radius 2 is 2.29 bits per heavy atom. The standard InChI is InChI=1S/C15H21N3O2S/c16-15(21)11-4-3-5-12(8-11)17-14(20)9-18-7-2-1-6-13(18)10-19/h3-5,8,13,19H,1-2,6-7,9-10H2,(H2,16,21)(H,17,20). The average Bonchev–Trinajstić information content (AvgIpc) is 2.48. The number of rotatable bonds is 5. The smallest absolute Gasteiger partial charge is 0.238 e. The number of carbonyl (C=O) groups excluding carboxylic acids is 1. The molecule has 6 heteroatoms. The molecule has 4 N–H and O–H groups in total. The van der Waals surface area contributed by atoms with Crippen LogP contribution in [-0.2, 0) is 4.79 Å². The molecule has 0 bridgehead atoms. The predicted molar refractivity (Wildman–Crippen MR) is 87.3 cm³/mol. The van der Waals surface area contributed by atoms with E-state index in [4.69, 9.17) is 18.0 Å². The van der Waals surface area contributed by atoms with Gasteiger partial charge in [0.05, 0.1) is 13.2 Å². The highest BCUT2D eigenvalue weighted by atomic mass is 32.1. The molecule has 0 radical (unpaired) electrons. The molecule has 1 atom stereocenters. The lowest BCUT2D eigenvalue weighted by molar-refractivity contribution is -0.118. The molecule has 0 spiro atoms. The van der Waals surface area contributed by atoms with Crippen molar-refractivity contribution < 1.29 is 9.90 Å². The number of nitrogens with zero attached hydrogens (tertiary/aromatic N) is 1. The zero-order chi connectivity index (χ0) is 15.2. The lowest BCUT2D eigenvalue weighted by Gasteiger charge is -2.33. The first-order chi connectivity index (χ1) is 10.1. The van der Waals surface area contributed by atoms with Crippen molar-refractivity contribution in [3.63, 3.8) is 0 Å². The normalized spacial score (nSPS) is 19.2. The van der Waals surface area contributed by atoms with Gasteiger partial charge in [0.25, 0.3) is 0 Å². The first kappa shape index (κ1) is 15.9. The zero-order valence-electron chi connectivity index (χ0n) is 11.9. The summed E-state index contributed by atoms with van der Waals surface area (Å²) in [5.41, 5.74) is 7.00. The summed E-state index contributed by atoms with van der Waals surface area (Å²) < 4.78 is 0. The molecule has 0 saturated carbocycles. The minimum Gasteiger partial charge on any atom is -0.395 e. The van der Waals surface area contributed by atoms with E-state index < -0.39 is 0 Å². The van der Waals surface area contributed by atoms with E-state index in [9.17, 15) is 9.90 Å². The molecule has 1 heterocycles. The molecule has 5 nitrogen and oxygen atoms in total. The van der Waals surface area contributed by atoms with Crippen molar-refractivity contribution in [2.24, 2.45) is 5.73 Å². The molecule has 1 saturated heterocycles. The second kappa shape index (κ2) is 7.49. The van der Waals surface area contributed by atoms with Gasteiger partial charge in [-0.05, 0) is 31.5 Å². The number of aliphatic hydroxyl groups excluding tert-OH is 1. The maximum atomic E-state index is 12.1. The molecule has 1 aromatic carbocycles. The number of carbonyl (C=O) groups is 1. The molecule has 21 heavy (non-hydrogen) atoms. The van der Waals surface area contributed by atoms with Crippen LogP contribution in [0.1, 0.15) is 24.8 Å². The van der Waals surface area contributed by atoms with E-state index in [0.29, 0.717) is 17.2 Å². The number of hydrogen-bond donors (Lipinski definition) is 3. The largest absolute Gasteiger partial charge is 0.395 e. The monoisotopic (exact) mass is 307 g/mol. The van der Waals surface area contributed by atoms with Gasteiger partial charge in [-0.2, -0.15) is 0 Å². The fraction of sp³-hybridized carbons (Fsp3) is 0.467. The van der Waals surface area contributed by atoms with E-state index in [1.165, 1.54) is 0 Å². The molecule has 1 aliphatic rings. The molecule has 2 rings (SSSR count). The highest BCUT2D eigenvalue weighted by Crippen LogP contribution is 2.17. The van der Waals surface area contributed by atoms with Gasteiger partial charge >= 0.3 is 0 Å². The van der Waals surface area contributed by atoms with Crippen molar-refractivity contribution in [2.75, 3.05) is 25.0 Å². The van der Waals surface area contributed by atoms with Crippen LogP contribution in [0, 0.1) is 0 Å². The van der Waals surface area contributed by atoms with Crippen LogP contribution >= 0.6 is 12.2 Å². The molecule has 114 valence electrons. The number of thiocarbonyl (C=S) groups is 1. The lowest BCUT2D eigenvalue weighted by Crippen LogP contribution is -2.45. The molecule has 1 aromatic rings. The van der Waals surface area contributed by atoms with E-state index in [0.717, 1.165) is 31.4 Å². The van der Waals surface area contributed by atoms with Crippen LogP contribution in [0.2, 0.25) is 0 Å². The molecule has 1 amide bonds. The fourth-order valence-electron chi connectivity index (χ4n) is 2.61. The van der Waals surface area contributed by atoms with E-state index in [1.807, 2.05) is 17.0 Å². The topological polar surface area (TPSA) is 78.6 Å². The number of hydrogen-bond acceptors (Lipinski definition) is 4. The van der Waals surface area contributed by atoms with Crippen molar-refractivity contribution >= 4 is 28.8 Å². The summed E-state index contributed by atoms with van der Waals surface area (Å²) in [4.78, 5) is 14.5. The van der Waals surface area contributed by atoms with Crippen LogP contribution in [0.25, 0.3) is 0 Å². The van der Waals surface area contributed by atoms with Crippen LogP contribution in [0.15, 0.2) is 24.3 Å². The third kappa shape index (κ3) is 4.49. The Kier molecular flexibility index (Phi) is 5.67. The summed E-state index contributed by atoms with van der Waals surface area (Å²) in [5.74, 6) is -0.0876. The number of amides is 1. The second-order valence-corrected chi connectivity index (χ2v) is 5.74. The van der Waals surface area contributed by atoms with Gasteiger partial charge in [0, 0.05) is 17.3 Å². The Labute approximate surface area is 130 Å². The van der Waals surface area contributed by atoms with Gasteiger partial charge < -0.3 is 16.2 Å². The lowest BCUT2D eigenvalue weighted by atomic mass is 10.0. The van der Waals surface area contributed by atoms with Crippen LogP contribution in [-0.4, -0.2) is 46.6 Å². The number of benzene rings is 1. The average molecular weight is 307 g/mol. The van der Waals surface area contributed by atoms with E-state index >= 15 is 0 Å². The molecule has 1 unspecified atom stereocenters. The van der Waals surface area contributed by atoms with Crippen molar-refractivity contribution in [2.45, 2.75) is 25.3 Å². The number of anilines is 1. The third-order valence-electron chi connectivity index (χ3n) is 3.74. The molecule has 0 aromatic heterocycles. The van der Waals surface area contributed by atoms with Gasteiger partial charge in [-0.25, -0.2) is 0 Å². The molecular weight excluding hydrogens is 286 g/mol. The van der Waals surface area contributed by atoms with Crippen LogP contribution in [0.4, 0.5) is 5.69 Å². The Morgan fingerprint density at radius 1 is 1.48 bits per heavy atom. The number of nitrogens with two attached hydrogens (primary N) is 1. The van der Waals surface area contributed by atoms with Gasteiger partial charge in [0.15, 0.2) is 0 Å². The summed E-state index contributed by atoms with van der Waals surface area (Å²) in [6.07, 6.45) is 3.13. The minimum atomic E-state index is -0.0876. The SMILES string of the molecule is NC(=S)c1cccc(NC(=O)CN2CCCCC2CO)c1. The summed E-state index contributed by atoms with van der Waals surface area (Å²) >= 11 is 4.93.